The van der Waals surface area contributed by atoms with Crippen molar-refractivity contribution < 1.29 is 4.79 Å². The lowest BCUT2D eigenvalue weighted by atomic mass is 9.82. The molecule has 0 bridgehead atoms. The second-order valence-corrected chi connectivity index (χ2v) is 8.56. The standard InChI is InChI=1S/C22H33N3O/c1-17-4-2-3-5-19(17)15-24-13-10-21-20(16-24)6-7-22(26)25(21)14-18-8-11-23-12-9-18/h2-5,18,20-21,23H,6-16H2,1H3/t20-,21+/m0/s1. The fourth-order valence-corrected chi connectivity index (χ4v) is 5.18. The van der Waals surface area contributed by atoms with Crippen LogP contribution >= 0.6 is 0 Å². The van der Waals surface area contributed by atoms with E-state index in [2.05, 4.69) is 46.3 Å². The molecule has 4 nitrogen and oxygen atoms in total. The molecule has 3 aliphatic heterocycles. The highest BCUT2D eigenvalue weighted by Gasteiger charge is 2.39. The van der Waals surface area contributed by atoms with Gasteiger partial charge in [0, 0.05) is 38.6 Å². The van der Waals surface area contributed by atoms with Gasteiger partial charge in [-0.05, 0) is 68.7 Å². The zero-order valence-corrected chi connectivity index (χ0v) is 16.1. The summed E-state index contributed by atoms with van der Waals surface area (Å²) in [6.07, 6.45) is 5.43. The SMILES string of the molecule is Cc1ccccc1CN1CC[C@@H]2[C@@H](CCC(=O)N2CC2CCNCC2)C1. The average Bonchev–Trinajstić information content (AvgIpc) is 2.67. The molecule has 1 aromatic rings. The molecule has 3 fully saturated rings. The predicted molar refractivity (Wildman–Crippen MR) is 105 cm³/mol. The fraction of sp³-hybridized carbons (Fsp3) is 0.682. The lowest BCUT2D eigenvalue weighted by molar-refractivity contribution is -0.142. The Kier molecular flexibility index (Phi) is 5.60. The van der Waals surface area contributed by atoms with Gasteiger partial charge in [0.05, 0.1) is 0 Å². The summed E-state index contributed by atoms with van der Waals surface area (Å²) in [6.45, 7) is 8.76. The molecule has 3 aliphatic rings. The lowest BCUT2D eigenvalue weighted by Crippen LogP contribution is -2.57. The number of nitrogens with one attached hydrogen (secondary N) is 1. The molecule has 0 saturated carbocycles. The van der Waals surface area contributed by atoms with E-state index in [0.717, 1.165) is 58.5 Å². The zero-order valence-electron chi connectivity index (χ0n) is 16.1. The quantitative estimate of drug-likeness (QED) is 0.902. The number of carbonyl (C=O) groups excluding carboxylic acids is 1. The molecule has 142 valence electrons. The maximum absolute atomic E-state index is 12.6. The van der Waals surface area contributed by atoms with Crippen LogP contribution in [0.4, 0.5) is 0 Å². The normalized spacial score (nSPS) is 28.2. The molecule has 3 saturated heterocycles. The van der Waals surface area contributed by atoms with E-state index in [1.54, 1.807) is 0 Å². The minimum absolute atomic E-state index is 0.414. The van der Waals surface area contributed by atoms with Gasteiger partial charge in [0.25, 0.3) is 0 Å². The van der Waals surface area contributed by atoms with Crippen molar-refractivity contribution in [3.05, 3.63) is 35.4 Å². The first-order valence-corrected chi connectivity index (χ1v) is 10.5. The molecule has 2 atom stereocenters. The van der Waals surface area contributed by atoms with Crippen LogP contribution in [0.15, 0.2) is 24.3 Å². The molecule has 0 aliphatic carbocycles. The second-order valence-electron chi connectivity index (χ2n) is 8.56. The molecule has 1 aromatic carbocycles. The van der Waals surface area contributed by atoms with Crippen molar-refractivity contribution >= 4 is 5.91 Å². The lowest BCUT2D eigenvalue weighted by Gasteiger charge is -2.48. The number of amides is 1. The van der Waals surface area contributed by atoms with Crippen molar-refractivity contribution in [1.82, 2.24) is 15.1 Å². The molecular formula is C22H33N3O. The molecule has 4 heteroatoms. The topological polar surface area (TPSA) is 35.6 Å². The van der Waals surface area contributed by atoms with Gasteiger partial charge in [-0.15, -0.1) is 0 Å². The first-order chi connectivity index (χ1) is 12.7. The zero-order chi connectivity index (χ0) is 17.9. The molecule has 0 radical (unpaired) electrons. The van der Waals surface area contributed by atoms with Crippen LogP contribution in [0.3, 0.4) is 0 Å². The summed E-state index contributed by atoms with van der Waals surface area (Å²) in [7, 11) is 0. The number of rotatable bonds is 4. The van der Waals surface area contributed by atoms with Crippen LogP contribution in [-0.4, -0.2) is 54.5 Å². The number of hydrogen-bond donors (Lipinski definition) is 1. The number of aryl methyl sites for hydroxylation is 1. The maximum atomic E-state index is 12.6. The van der Waals surface area contributed by atoms with Crippen LogP contribution in [0.1, 0.15) is 43.2 Å². The number of fused-ring (bicyclic) bond motifs is 1. The Labute approximate surface area is 157 Å². The predicted octanol–water partition coefficient (Wildman–Crippen LogP) is 2.81. The molecule has 1 N–H and O–H groups in total. The number of benzene rings is 1. The molecule has 0 spiro atoms. The van der Waals surface area contributed by atoms with Crippen LogP contribution in [0.2, 0.25) is 0 Å². The van der Waals surface area contributed by atoms with Crippen molar-refractivity contribution in [3.63, 3.8) is 0 Å². The number of hydrogen-bond acceptors (Lipinski definition) is 3. The summed E-state index contributed by atoms with van der Waals surface area (Å²) >= 11 is 0. The summed E-state index contributed by atoms with van der Waals surface area (Å²) in [5.74, 6) is 1.77. The first kappa shape index (κ1) is 18.0. The van der Waals surface area contributed by atoms with Gasteiger partial charge in [-0.3, -0.25) is 9.69 Å². The first-order valence-electron chi connectivity index (χ1n) is 10.5. The summed E-state index contributed by atoms with van der Waals surface area (Å²) in [5.41, 5.74) is 2.84. The Balaban J connectivity index is 1.38. The van der Waals surface area contributed by atoms with E-state index in [9.17, 15) is 4.79 Å². The van der Waals surface area contributed by atoms with Crippen LogP contribution in [0, 0.1) is 18.8 Å². The molecule has 1 amide bonds. The highest BCUT2D eigenvalue weighted by atomic mass is 16.2. The van der Waals surface area contributed by atoms with E-state index in [0.29, 0.717) is 23.8 Å². The Morgan fingerprint density at radius 1 is 1.12 bits per heavy atom. The van der Waals surface area contributed by atoms with Gasteiger partial charge in [0.15, 0.2) is 0 Å². The van der Waals surface area contributed by atoms with Gasteiger partial charge in [-0.2, -0.15) is 0 Å². The smallest absolute Gasteiger partial charge is 0.222 e. The van der Waals surface area contributed by atoms with Gasteiger partial charge >= 0.3 is 0 Å². The molecule has 26 heavy (non-hydrogen) atoms. The van der Waals surface area contributed by atoms with Crippen molar-refractivity contribution in [2.75, 3.05) is 32.7 Å². The van der Waals surface area contributed by atoms with E-state index in [4.69, 9.17) is 0 Å². The third-order valence-electron chi connectivity index (χ3n) is 6.80. The Hall–Kier alpha value is -1.39. The summed E-state index contributed by atoms with van der Waals surface area (Å²) in [6, 6.07) is 9.22. The van der Waals surface area contributed by atoms with Crippen molar-refractivity contribution in [3.8, 4) is 0 Å². The van der Waals surface area contributed by atoms with Gasteiger partial charge in [0.1, 0.15) is 0 Å². The number of carbonyl (C=O) groups is 1. The minimum atomic E-state index is 0.414. The van der Waals surface area contributed by atoms with Crippen LogP contribution in [0.25, 0.3) is 0 Å². The third-order valence-corrected chi connectivity index (χ3v) is 6.80. The van der Waals surface area contributed by atoms with Crippen molar-refractivity contribution in [2.45, 2.75) is 51.6 Å². The van der Waals surface area contributed by atoms with Crippen LogP contribution in [0.5, 0.6) is 0 Å². The summed E-state index contributed by atoms with van der Waals surface area (Å²) in [5, 5.41) is 3.44. The maximum Gasteiger partial charge on any atom is 0.222 e. The fourth-order valence-electron chi connectivity index (χ4n) is 5.18. The average molecular weight is 356 g/mol. The van der Waals surface area contributed by atoms with E-state index in [-0.39, 0.29) is 0 Å². The van der Waals surface area contributed by atoms with E-state index in [1.165, 1.54) is 24.0 Å². The van der Waals surface area contributed by atoms with E-state index in [1.807, 2.05) is 0 Å². The third kappa shape index (κ3) is 3.96. The van der Waals surface area contributed by atoms with Gasteiger partial charge in [0.2, 0.25) is 5.91 Å². The molecular weight excluding hydrogens is 322 g/mol. The Bertz CT molecular complexity index is 626. The molecule has 4 rings (SSSR count). The van der Waals surface area contributed by atoms with Gasteiger partial charge < -0.3 is 10.2 Å². The summed E-state index contributed by atoms with van der Waals surface area (Å²) in [4.78, 5) is 17.5. The van der Waals surface area contributed by atoms with Crippen molar-refractivity contribution in [1.29, 1.82) is 0 Å². The minimum Gasteiger partial charge on any atom is -0.339 e. The molecule has 3 heterocycles. The Morgan fingerprint density at radius 2 is 1.92 bits per heavy atom. The van der Waals surface area contributed by atoms with Gasteiger partial charge in [-0.25, -0.2) is 0 Å². The van der Waals surface area contributed by atoms with Crippen LogP contribution < -0.4 is 5.32 Å². The largest absolute Gasteiger partial charge is 0.339 e. The summed E-state index contributed by atoms with van der Waals surface area (Å²) < 4.78 is 0. The molecule has 0 unspecified atom stereocenters. The number of piperidine rings is 3. The highest BCUT2D eigenvalue weighted by Crippen LogP contribution is 2.33. The highest BCUT2D eigenvalue weighted by molar-refractivity contribution is 5.77. The Morgan fingerprint density at radius 3 is 2.73 bits per heavy atom. The van der Waals surface area contributed by atoms with E-state index < -0.39 is 0 Å². The van der Waals surface area contributed by atoms with Gasteiger partial charge in [-0.1, -0.05) is 24.3 Å². The van der Waals surface area contributed by atoms with E-state index >= 15 is 0 Å². The molecule has 0 aromatic heterocycles. The second kappa shape index (κ2) is 8.10. The van der Waals surface area contributed by atoms with Crippen LogP contribution in [-0.2, 0) is 11.3 Å². The number of nitrogens with zero attached hydrogens (tertiary/aromatic N) is 2. The van der Waals surface area contributed by atoms with Crippen molar-refractivity contribution in [2.24, 2.45) is 11.8 Å². The number of likely N-dealkylation sites (tertiary alicyclic amines) is 2. The monoisotopic (exact) mass is 355 g/mol.